The van der Waals surface area contributed by atoms with E-state index in [4.69, 9.17) is 0 Å². The summed E-state index contributed by atoms with van der Waals surface area (Å²) in [4.78, 5) is 31.0. The Morgan fingerprint density at radius 1 is 1.16 bits per heavy atom. The highest BCUT2D eigenvalue weighted by Crippen LogP contribution is 2.15. The van der Waals surface area contributed by atoms with E-state index in [0.29, 0.717) is 6.54 Å². The molecule has 0 fully saturated rings. The van der Waals surface area contributed by atoms with Gasteiger partial charge in [-0.3, -0.25) is 10.1 Å². The lowest BCUT2D eigenvalue weighted by Gasteiger charge is -2.19. The first-order chi connectivity index (χ1) is 11.8. The maximum atomic E-state index is 12.3. The number of hydrogen-bond acceptors (Lipinski definition) is 4. The summed E-state index contributed by atoms with van der Waals surface area (Å²) >= 11 is 0. The Hall–Kier alpha value is -2.90. The molecule has 0 saturated heterocycles. The van der Waals surface area contributed by atoms with E-state index < -0.39 is 0 Å². The molecule has 25 heavy (non-hydrogen) atoms. The SMILES string of the molecule is Cc1cccc(C)c1CN(C)C(=O)Nc1ncn(CC(=O)N(C)C)n1. The zero-order valence-corrected chi connectivity index (χ0v) is 15.3. The number of carbonyl (C=O) groups is 2. The van der Waals surface area contributed by atoms with Crippen molar-refractivity contribution < 1.29 is 9.59 Å². The molecule has 1 N–H and O–H groups in total. The molecule has 0 aliphatic carbocycles. The van der Waals surface area contributed by atoms with Gasteiger partial charge >= 0.3 is 6.03 Å². The van der Waals surface area contributed by atoms with Gasteiger partial charge in [0.25, 0.3) is 0 Å². The first-order valence-corrected chi connectivity index (χ1v) is 7.94. The van der Waals surface area contributed by atoms with E-state index in [9.17, 15) is 9.59 Å². The molecule has 0 radical (unpaired) electrons. The summed E-state index contributed by atoms with van der Waals surface area (Å²) in [5.74, 6) is 0.0693. The Morgan fingerprint density at radius 3 is 2.40 bits per heavy atom. The molecule has 0 aliphatic heterocycles. The number of urea groups is 1. The van der Waals surface area contributed by atoms with Crippen LogP contribution in [0.2, 0.25) is 0 Å². The van der Waals surface area contributed by atoms with Crippen molar-refractivity contribution in [2.45, 2.75) is 26.9 Å². The number of carbonyl (C=O) groups excluding carboxylic acids is 2. The molecule has 8 nitrogen and oxygen atoms in total. The highest BCUT2D eigenvalue weighted by Gasteiger charge is 2.14. The van der Waals surface area contributed by atoms with Gasteiger partial charge in [0, 0.05) is 27.7 Å². The minimum Gasteiger partial charge on any atom is -0.347 e. The highest BCUT2D eigenvalue weighted by atomic mass is 16.2. The van der Waals surface area contributed by atoms with Gasteiger partial charge in [0.1, 0.15) is 12.9 Å². The van der Waals surface area contributed by atoms with Gasteiger partial charge in [-0.15, -0.1) is 5.10 Å². The van der Waals surface area contributed by atoms with Crippen molar-refractivity contribution in [2.75, 3.05) is 26.5 Å². The number of amides is 3. The minimum atomic E-state index is -0.306. The van der Waals surface area contributed by atoms with E-state index in [1.807, 2.05) is 32.0 Å². The van der Waals surface area contributed by atoms with Crippen molar-refractivity contribution in [3.63, 3.8) is 0 Å². The predicted octanol–water partition coefficient (Wildman–Crippen LogP) is 1.65. The van der Waals surface area contributed by atoms with E-state index >= 15 is 0 Å². The first-order valence-electron chi connectivity index (χ1n) is 7.94. The average molecular weight is 344 g/mol. The molecule has 0 bridgehead atoms. The van der Waals surface area contributed by atoms with Crippen LogP contribution in [-0.2, 0) is 17.9 Å². The lowest BCUT2D eigenvalue weighted by Crippen LogP contribution is -2.32. The van der Waals surface area contributed by atoms with Crippen LogP contribution in [-0.4, -0.2) is 57.6 Å². The monoisotopic (exact) mass is 344 g/mol. The maximum absolute atomic E-state index is 12.3. The zero-order chi connectivity index (χ0) is 18.6. The van der Waals surface area contributed by atoms with Gasteiger partial charge in [0.05, 0.1) is 0 Å². The number of benzene rings is 1. The van der Waals surface area contributed by atoms with Crippen LogP contribution in [0.1, 0.15) is 16.7 Å². The van der Waals surface area contributed by atoms with Crippen LogP contribution >= 0.6 is 0 Å². The minimum absolute atomic E-state index is 0.0775. The van der Waals surface area contributed by atoms with E-state index in [-0.39, 0.29) is 24.4 Å². The number of anilines is 1. The molecule has 2 rings (SSSR count). The summed E-state index contributed by atoms with van der Waals surface area (Å²) < 4.78 is 1.39. The maximum Gasteiger partial charge on any atom is 0.324 e. The largest absolute Gasteiger partial charge is 0.347 e. The van der Waals surface area contributed by atoms with E-state index in [0.717, 1.165) is 16.7 Å². The van der Waals surface area contributed by atoms with Gasteiger partial charge in [0.2, 0.25) is 11.9 Å². The van der Waals surface area contributed by atoms with Crippen LogP contribution in [0.4, 0.5) is 10.7 Å². The van der Waals surface area contributed by atoms with Crippen LogP contribution in [0.25, 0.3) is 0 Å². The van der Waals surface area contributed by atoms with E-state index in [1.54, 1.807) is 26.0 Å². The number of likely N-dealkylation sites (N-methyl/N-ethyl adjacent to an activating group) is 1. The Balaban J connectivity index is 1.97. The van der Waals surface area contributed by atoms with Crippen molar-refractivity contribution in [3.05, 3.63) is 41.2 Å². The smallest absolute Gasteiger partial charge is 0.324 e. The predicted molar refractivity (Wildman–Crippen MR) is 95.1 cm³/mol. The number of rotatable bonds is 5. The quantitative estimate of drug-likeness (QED) is 0.894. The van der Waals surface area contributed by atoms with Gasteiger partial charge in [0.15, 0.2) is 0 Å². The summed E-state index contributed by atoms with van der Waals surface area (Å²) in [7, 11) is 5.06. The van der Waals surface area contributed by atoms with Crippen molar-refractivity contribution >= 4 is 17.9 Å². The summed E-state index contributed by atoms with van der Waals surface area (Å²) in [5.41, 5.74) is 3.41. The van der Waals surface area contributed by atoms with Gasteiger partial charge in [-0.2, -0.15) is 0 Å². The van der Waals surface area contributed by atoms with Crippen LogP contribution < -0.4 is 5.32 Å². The highest BCUT2D eigenvalue weighted by molar-refractivity contribution is 5.87. The number of hydrogen-bond donors (Lipinski definition) is 1. The molecular formula is C17H24N6O2. The van der Waals surface area contributed by atoms with Crippen LogP contribution in [0.15, 0.2) is 24.5 Å². The summed E-state index contributed by atoms with van der Waals surface area (Å²) in [6, 6.07) is 5.75. The van der Waals surface area contributed by atoms with Crippen molar-refractivity contribution in [1.82, 2.24) is 24.6 Å². The number of aryl methyl sites for hydroxylation is 2. The van der Waals surface area contributed by atoms with Crippen LogP contribution in [0.3, 0.4) is 0 Å². The average Bonchev–Trinajstić information content (AvgIpc) is 2.97. The standard InChI is InChI=1S/C17H24N6O2/c1-12-7-6-8-13(2)14(12)9-22(5)17(25)19-16-18-11-23(20-16)10-15(24)21(3)4/h6-8,11H,9-10H2,1-5H3,(H,19,20,25). The molecule has 1 heterocycles. The lowest BCUT2D eigenvalue weighted by molar-refractivity contribution is -0.129. The van der Waals surface area contributed by atoms with E-state index in [2.05, 4.69) is 15.4 Å². The molecule has 2 aromatic rings. The molecule has 3 amide bonds. The Labute approximate surface area is 147 Å². The molecule has 0 unspecified atom stereocenters. The number of nitrogens with one attached hydrogen (secondary N) is 1. The molecule has 1 aromatic heterocycles. The molecule has 1 aromatic carbocycles. The summed E-state index contributed by atoms with van der Waals surface area (Å²) in [5, 5.41) is 6.74. The molecule has 0 atom stereocenters. The zero-order valence-electron chi connectivity index (χ0n) is 15.3. The third kappa shape index (κ3) is 4.79. The van der Waals surface area contributed by atoms with E-state index in [1.165, 1.54) is 15.9 Å². The van der Waals surface area contributed by atoms with Gasteiger partial charge < -0.3 is 9.80 Å². The van der Waals surface area contributed by atoms with Gasteiger partial charge in [-0.1, -0.05) is 18.2 Å². The second-order valence-corrected chi connectivity index (χ2v) is 6.21. The molecular weight excluding hydrogens is 320 g/mol. The molecule has 8 heteroatoms. The topological polar surface area (TPSA) is 83.4 Å². The summed E-state index contributed by atoms with van der Waals surface area (Å²) in [6.45, 7) is 4.62. The number of aromatic nitrogens is 3. The third-order valence-electron chi connectivity index (χ3n) is 3.94. The second kappa shape index (κ2) is 7.78. The second-order valence-electron chi connectivity index (χ2n) is 6.21. The summed E-state index contributed by atoms with van der Waals surface area (Å²) in [6.07, 6.45) is 1.42. The Morgan fingerprint density at radius 2 is 1.80 bits per heavy atom. The first kappa shape index (κ1) is 18.4. The van der Waals surface area contributed by atoms with Crippen molar-refractivity contribution in [1.29, 1.82) is 0 Å². The fraction of sp³-hybridized carbons (Fsp3) is 0.412. The fourth-order valence-corrected chi connectivity index (χ4v) is 2.31. The number of nitrogens with zero attached hydrogens (tertiary/aromatic N) is 5. The van der Waals surface area contributed by atoms with Gasteiger partial charge in [-0.05, 0) is 30.5 Å². The molecule has 0 spiro atoms. The van der Waals surface area contributed by atoms with Crippen molar-refractivity contribution in [3.8, 4) is 0 Å². The Bertz CT molecular complexity index is 748. The van der Waals surface area contributed by atoms with Crippen molar-refractivity contribution in [2.24, 2.45) is 0 Å². The van der Waals surface area contributed by atoms with Gasteiger partial charge in [-0.25, -0.2) is 14.5 Å². The Kier molecular flexibility index (Phi) is 5.74. The van der Waals surface area contributed by atoms with Crippen LogP contribution in [0, 0.1) is 13.8 Å². The normalized spacial score (nSPS) is 10.4. The molecule has 134 valence electrons. The third-order valence-corrected chi connectivity index (χ3v) is 3.94. The fourth-order valence-electron chi connectivity index (χ4n) is 2.31. The van der Waals surface area contributed by atoms with Crippen LogP contribution in [0.5, 0.6) is 0 Å². The molecule has 0 aliphatic rings. The lowest BCUT2D eigenvalue weighted by atomic mass is 10.0. The molecule has 0 saturated carbocycles.